The van der Waals surface area contributed by atoms with Gasteiger partial charge in [0.1, 0.15) is 0 Å². The summed E-state index contributed by atoms with van der Waals surface area (Å²) < 4.78 is 0. The normalized spacial score (nSPS) is 12.2. The standard InChI is InChI=1S/C15H22N2/c1-4-15(2,3)11-16-10-12-5-6-14-13(9-12)7-8-17-14/h5-9,16-17H,4,10-11H2,1-3H3. The number of fused-ring (bicyclic) bond motifs is 1. The highest BCUT2D eigenvalue weighted by atomic mass is 14.9. The molecule has 2 heteroatoms. The molecule has 0 saturated heterocycles. The SMILES string of the molecule is CCC(C)(C)CNCc1ccc2[nH]ccc2c1. The zero-order valence-electron chi connectivity index (χ0n) is 11.0. The molecule has 0 bridgehead atoms. The van der Waals surface area contributed by atoms with Crippen LogP contribution in [0.4, 0.5) is 0 Å². The third-order valence-electron chi connectivity index (χ3n) is 3.51. The molecule has 0 aliphatic rings. The molecular weight excluding hydrogens is 208 g/mol. The largest absolute Gasteiger partial charge is 0.361 e. The zero-order chi connectivity index (χ0) is 12.3. The molecule has 0 aliphatic carbocycles. The molecule has 0 radical (unpaired) electrons. The second kappa shape index (κ2) is 4.92. The summed E-state index contributed by atoms with van der Waals surface area (Å²) in [6, 6.07) is 8.70. The molecule has 0 unspecified atom stereocenters. The predicted molar refractivity (Wildman–Crippen MR) is 74.1 cm³/mol. The van der Waals surface area contributed by atoms with Gasteiger partial charge < -0.3 is 10.3 Å². The van der Waals surface area contributed by atoms with E-state index in [1.54, 1.807) is 0 Å². The molecule has 0 spiro atoms. The van der Waals surface area contributed by atoms with Crippen LogP contribution in [0.15, 0.2) is 30.5 Å². The fourth-order valence-corrected chi connectivity index (χ4v) is 1.88. The van der Waals surface area contributed by atoms with E-state index < -0.39 is 0 Å². The van der Waals surface area contributed by atoms with Gasteiger partial charge in [0.25, 0.3) is 0 Å². The molecule has 17 heavy (non-hydrogen) atoms. The second-order valence-corrected chi connectivity index (χ2v) is 5.52. The summed E-state index contributed by atoms with van der Waals surface area (Å²) in [5.41, 5.74) is 2.95. The first kappa shape index (κ1) is 12.2. The van der Waals surface area contributed by atoms with Gasteiger partial charge in [-0.3, -0.25) is 0 Å². The van der Waals surface area contributed by atoms with Crippen molar-refractivity contribution in [2.45, 2.75) is 33.7 Å². The van der Waals surface area contributed by atoms with Gasteiger partial charge in [-0.05, 0) is 41.0 Å². The van der Waals surface area contributed by atoms with Crippen molar-refractivity contribution in [1.82, 2.24) is 10.3 Å². The zero-order valence-corrected chi connectivity index (χ0v) is 11.0. The van der Waals surface area contributed by atoms with Gasteiger partial charge in [0, 0.05) is 24.8 Å². The Kier molecular flexibility index (Phi) is 3.53. The van der Waals surface area contributed by atoms with Crippen LogP contribution >= 0.6 is 0 Å². The van der Waals surface area contributed by atoms with Crippen molar-refractivity contribution >= 4 is 10.9 Å². The van der Waals surface area contributed by atoms with Crippen molar-refractivity contribution < 1.29 is 0 Å². The number of nitrogens with one attached hydrogen (secondary N) is 2. The number of rotatable bonds is 5. The first-order valence-electron chi connectivity index (χ1n) is 6.37. The van der Waals surface area contributed by atoms with E-state index in [1.165, 1.54) is 22.9 Å². The third kappa shape index (κ3) is 3.10. The number of aromatic amines is 1. The van der Waals surface area contributed by atoms with Crippen LogP contribution in [-0.4, -0.2) is 11.5 Å². The van der Waals surface area contributed by atoms with Crippen LogP contribution in [0.5, 0.6) is 0 Å². The van der Waals surface area contributed by atoms with Crippen molar-refractivity contribution in [2.24, 2.45) is 5.41 Å². The van der Waals surface area contributed by atoms with Gasteiger partial charge in [0.15, 0.2) is 0 Å². The topological polar surface area (TPSA) is 27.8 Å². The van der Waals surface area contributed by atoms with E-state index in [0.717, 1.165) is 13.1 Å². The highest BCUT2D eigenvalue weighted by molar-refractivity contribution is 5.79. The van der Waals surface area contributed by atoms with Crippen LogP contribution in [-0.2, 0) is 6.54 Å². The molecule has 0 aliphatic heterocycles. The maximum Gasteiger partial charge on any atom is 0.0454 e. The summed E-state index contributed by atoms with van der Waals surface area (Å²) in [7, 11) is 0. The predicted octanol–water partition coefficient (Wildman–Crippen LogP) is 3.69. The van der Waals surface area contributed by atoms with Gasteiger partial charge in [0.2, 0.25) is 0 Å². The van der Waals surface area contributed by atoms with Crippen LogP contribution in [0.25, 0.3) is 10.9 Å². The fourth-order valence-electron chi connectivity index (χ4n) is 1.88. The van der Waals surface area contributed by atoms with E-state index in [1.807, 2.05) is 6.20 Å². The summed E-state index contributed by atoms with van der Waals surface area (Å²) in [6.45, 7) is 8.86. The molecule has 1 heterocycles. The van der Waals surface area contributed by atoms with Crippen molar-refractivity contribution in [3.63, 3.8) is 0 Å². The fraction of sp³-hybridized carbons (Fsp3) is 0.467. The summed E-state index contributed by atoms with van der Waals surface area (Å²) >= 11 is 0. The van der Waals surface area contributed by atoms with E-state index in [0.29, 0.717) is 5.41 Å². The first-order chi connectivity index (χ1) is 8.11. The summed E-state index contributed by atoms with van der Waals surface area (Å²) in [5, 5.41) is 4.83. The lowest BCUT2D eigenvalue weighted by Crippen LogP contribution is -2.28. The molecule has 1 aromatic carbocycles. The molecule has 92 valence electrons. The van der Waals surface area contributed by atoms with E-state index in [-0.39, 0.29) is 0 Å². The van der Waals surface area contributed by atoms with Gasteiger partial charge >= 0.3 is 0 Å². The summed E-state index contributed by atoms with van der Waals surface area (Å²) in [5.74, 6) is 0. The number of hydrogen-bond acceptors (Lipinski definition) is 1. The Bertz CT molecular complexity index is 482. The number of aromatic nitrogens is 1. The number of hydrogen-bond donors (Lipinski definition) is 2. The lowest BCUT2D eigenvalue weighted by atomic mass is 9.90. The van der Waals surface area contributed by atoms with Gasteiger partial charge in [0.05, 0.1) is 0 Å². The van der Waals surface area contributed by atoms with E-state index in [9.17, 15) is 0 Å². The molecule has 0 fully saturated rings. The average molecular weight is 230 g/mol. The molecule has 1 aromatic heterocycles. The van der Waals surface area contributed by atoms with Gasteiger partial charge in [-0.15, -0.1) is 0 Å². The maximum absolute atomic E-state index is 3.54. The van der Waals surface area contributed by atoms with Crippen molar-refractivity contribution in [3.05, 3.63) is 36.0 Å². The van der Waals surface area contributed by atoms with Crippen LogP contribution in [0.1, 0.15) is 32.8 Å². The lowest BCUT2D eigenvalue weighted by Gasteiger charge is -2.23. The smallest absolute Gasteiger partial charge is 0.0454 e. The van der Waals surface area contributed by atoms with Gasteiger partial charge in [-0.25, -0.2) is 0 Å². The molecule has 2 aromatic rings. The highest BCUT2D eigenvalue weighted by Crippen LogP contribution is 2.18. The van der Waals surface area contributed by atoms with Crippen molar-refractivity contribution in [3.8, 4) is 0 Å². The Hall–Kier alpha value is -1.28. The lowest BCUT2D eigenvalue weighted by molar-refractivity contribution is 0.328. The molecule has 2 N–H and O–H groups in total. The molecule has 0 atom stereocenters. The number of benzene rings is 1. The Morgan fingerprint density at radius 2 is 2.06 bits per heavy atom. The minimum Gasteiger partial charge on any atom is -0.361 e. The van der Waals surface area contributed by atoms with Crippen LogP contribution in [0.3, 0.4) is 0 Å². The molecule has 0 amide bonds. The molecule has 0 saturated carbocycles. The van der Waals surface area contributed by atoms with Crippen LogP contribution < -0.4 is 5.32 Å². The summed E-state index contributed by atoms with van der Waals surface area (Å²) in [4.78, 5) is 3.22. The monoisotopic (exact) mass is 230 g/mol. The highest BCUT2D eigenvalue weighted by Gasteiger charge is 2.13. The Morgan fingerprint density at radius 3 is 2.82 bits per heavy atom. The van der Waals surface area contributed by atoms with Crippen molar-refractivity contribution in [1.29, 1.82) is 0 Å². The maximum atomic E-state index is 3.54. The van der Waals surface area contributed by atoms with E-state index in [2.05, 4.69) is 55.3 Å². The first-order valence-corrected chi connectivity index (χ1v) is 6.37. The average Bonchev–Trinajstić information content (AvgIpc) is 2.76. The van der Waals surface area contributed by atoms with Crippen molar-refractivity contribution in [2.75, 3.05) is 6.54 Å². The van der Waals surface area contributed by atoms with Crippen LogP contribution in [0, 0.1) is 5.41 Å². The second-order valence-electron chi connectivity index (χ2n) is 5.52. The van der Waals surface area contributed by atoms with E-state index in [4.69, 9.17) is 0 Å². The molecule has 2 nitrogen and oxygen atoms in total. The van der Waals surface area contributed by atoms with Gasteiger partial charge in [-0.2, -0.15) is 0 Å². The Balaban J connectivity index is 1.95. The van der Waals surface area contributed by atoms with Gasteiger partial charge in [-0.1, -0.05) is 26.8 Å². The Morgan fingerprint density at radius 1 is 1.24 bits per heavy atom. The molecule has 2 rings (SSSR count). The summed E-state index contributed by atoms with van der Waals surface area (Å²) in [6.07, 6.45) is 3.19. The van der Waals surface area contributed by atoms with E-state index >= 15 is 0 Å². The quantitative estimate of drug-likeness (QED) is 0.805. The Labute approximate surface area is 103 Å². The molecular formula is C15H22N2. The minimum absolute atomic E-state index is 0.387. The number of H-pyrrole nitrogens is 1. The minimum atomic E-state index is 0.387. The third-order valence-corrected chi connectivity index (χ3v) is 3.51. The van der Waals surface area contributed by atoms with Crippen LogP contribution in [0.2, 0.25) is 0 Å².